The molecule has 0 spiro atoms. The highest BCUT2D eigenvalue weighted by atomic mass is 16.4. The number of nitrogens with one attached hydrogen (secondary N) is 2. The zero-order valence-electron chi connectivity index (χ0n) is 9.89. The topological polar surface area (TPSA) is 104 Å². The van der Waals surface area contributed by atoms with Crippen molar-refractivity contribution in [1.82, 2.24) is 10.6 Å². The molecule has 2 fully saturated rings. The second-order valence-electron chi connectivity index (χ2n) is 4.53. The van der Waals surface area contributed by atoms with Crippen LogP contribution in [-0.2, 0) is 9.59 Å². The summed E-state index contributed by atoms with van der Waals surface area (Å²) in [4.78, 5) is 19.9. The maximum atomic E-state index is 10.0. The van der Waals surface area contributed by atoms with Crippen LogP contribution in [0.2, 0.25) is 0 Å². The largest absolute Gasteiger partial charge is 0.480 e. The van der Waals surface area contributed by atoms with Gasteiger partial charge in [0, 0.05) is 12.1 Å². The molecule has 6 heteroatoms. The summed E-state index contributed by atoms with van der Waals surface area (Å²) in [6, 6.07) is 0.502. The number of amides is 1. The summed E-state index contributed by atoms with van der Waals surface area (Å²) >= 11 is 0. The quantitative estimate of drug-likeness (QED) is 0.497. The molecule has 0 aromatic carbocycles. The second-order valence-corrected chi connectivity index (χ2v) is 4.53. The van der Waals surface area contributed by atoms with Crippen LogP contribution in [-0.4, -0.2) is 42.2 Å². The Kier molecular flexibility index (Phi) is 5.93. The normalized spacial score (nSPS) is 31.5. The van der Waals surface area contributed by atoms with E-state index < -0.39 is 5.97 Å². The molecule has 0 bridgehead atoms. The predicted molar refractivity (Wildman–Crippen MR) is 63.5 cm³/mol. The molecule has 1 heterocycles. The van der Waals surface area contributed by atoms with E-state index in [9.17, 15) is 9.59 Å². The molecule has 2 rings (SSSR count). The van der Waals surface area contributed by atoms with Crippen molar-refractivity contribution in [2.45, 2.75) is 50.2 Å². The van der Waals surface area contributed by atoms with Crippen molar-refractivity contribution < 1.29 is 14.7 Å². The smallest absolute Gasteiger partial charge is 0.320 e. The molecule has 0 unspecified atom stereocenters. The van der Waals surface area contributed by atoms with Crippen molar-refractivity contribution in [3.05, 3.63) is 0 Å². The molecular formula is C11H21N3O3. The fourth-order valence-corrected chi connectivity index (χ4v) is 1.88. The number of carboxylic acids is 1. The first kappa shape index (κ1) is 13.9. The van der Waals surface area contributed by atoms with Crippen LogP contribution in [0.25, 0.3) is 0 Å². The van der Waals surface area contributed by atoms with Gasteiger partial charge in [0.1, 0.15) is 6.04 Å². The van der Waals surface area contributed by atoms with Gasteiger partial charge < -0.3 is 21.5 Å². The van der Waals surface area contributed by atoms with E-state index in [1.54, 1.807) is 0 Å². The zero-order valence-corrected chi connectivity index (χ0v) is 9.89. The first-order valence-corrected chi connectivity index (χ1v) is 6.05. The van der Waals surface area contributed by atoms with E-state index in [1.165, 1.54) is 0 Å². The Morgan fingerprint density at radius 3 is 2.18 bits per heavy atom. The molecule has 6 nitrogen and oxygen atoms in total. The number of hydrogen-bond acceptors (Lipinski definition) is 4. The van der Waals surface area contributed by atoms with Gasteiger partial charge in [0.05, 0.1) is 0 Å². The lowest BCUT2D eigenvalue weighted by atomic mass is 9.92. The minimum atomic E-state index is -0.730. The van der Waals surface area contributed by atoms with Gasteiger partial charge in [0.2, 0.25) is 6.41 Å². The molecule has 1 amide bonds. The highest BCUT2D eigenvalue weighted by Crippen LogP contribution is 2.16. The summed E-state index contributed by atoms with van der Waals surface area (Å²) in [5.74, 6) is -0.730. The van der Waals surface area contributed by atoms with E-state index in [0.717, 1.165) is 45.1 Å². The summed E-state index contributed by atoms with van der Waals surface area (Å²) in [5.41, 5.74) is 5.68. The van der Waals surface area contributed by atoms with Gasteiger partial charge in [0.15, 0.2) is 0 Å². The number of carbonyl (C=O) groups excluding carboxylic acids is 1. The third kappa shape index (κ3) is 5.14. The molecular weight excluding hydrogens is 222 g/mol. The van der Waals surface area contributed by atoms with E-state index in [2.05, 4.69) is 10.6 Å². The molecule has 5 N–H and O–H groups in total. The lowest BCUT2D eigenvalue weighted by Gasteiger charge is -2.25. The third-order valence-electron chi connectivity index (χ3n) is 3.20. The minimum absolute atomic E-state index is 0.250. The number of carbonyl (C=O) groups is 2. The van der Waals surface area contributed by atoms with Crippen LogP contribution in [0.4, 0.5) is 0 Å². The summed E-state index contributed by atoms with van der Waals surface area (Å²) < 4.78 is 0. The number of aliphatic carboxylic acids is 1. The highest BCUT2D eigenvalue weighted by Gasteiger charge is 2.22. The van der Waals surface area contributed by atoms with Crippen molar-refractivity contribution in [2.75, 3.05) is 6.54 Å². The monoisotopic (exact) mass is 243 g/mol. The summed E-state index contributed by atoms with van der Waals surface area (Å²) in [6.45, 7) is 0.858. The molecule has 1 saturated carbocycles. The zero-order chi connectivity index (χ0) is 12.7. The fraction of sp³-hybridized carbons (Fsp3) is 0.818. The Morgan fingerprint density at radius 1 is 1.29 bits per heavy atom. The lowest BCUT2D eigenvalue weighted by Crippen LogP contribution is -2.48. The van der Waals surface area contributed by atoms with Gasteiger partial charge in [-0.25, -0.2) is 0 Å². The van der Waals surface area contributed by atoms with Gasteiger partial charge in [-0.15, -0.1) is 0 Å². The Balaban J connectivity index is 0.000000181. The predicted octanol–water partition coefficient (Wildman–Crippen LogP) is -0.565. The fourth-order valence-electron chi connectivity index (χ4n) is 1.88. The van der Waals surface area contributed by atoms with E-state index in [4.69, 9.17) is 10.8 Å². The van der Waals surface area contributed by atoms with Gasteiger partial charge in [-0.2, -0.15) is 0 Å². The molecule has 1 atom stereocenters. The third-order valence-corrected chi connectivity index (χ3v) is 3.20. The first-order chi connectivity index (χ1) is 8.13. The van der Waals surface area contributed by atoms with Gasteiger partial charge in [-0.3, -0.25) is 9.59 Å². The van der Waals surface area contributed by atoms with Crippen LogP contribution in [0, 0.1) is 0 Å². The van der Waals surface area contributed by atoms with Crippen LogP contribution in [0.1, 0.15) is 32.1 Å². The van der Waals surface area contributed by atoms with Gasteiger partial charge >= 0.3 is 5.97 Å². The molecule has 0 radical (unpaired) electrons. The van der Waals surface area contributed by atoms with Crippen molar-refractivity contribution in [3.63, 3.8) is 0 Å². The summed E-state index contributed by atoms with van der Waals surface area (Å²) in [6.07, 6.45) is 5.74. The molecule has 98 valence electrons. The van der Waals surface area contributed by atoms with E-state index in [1.807, 2.05) is 0 Å². The van der Waals surface area contributed by atoms with Crippen molar-refractivity contribution >= 4 is 12.4 Å². The molecule has 1 aliphatic heterocycles. The Labute approximate surface area is 101 Å². The Morgan fingerprint density at radius 2 is 1.88 bits per heavy atom. The van der Waals surface area contributed by atoms with E-state index >= 15 is 0 Å². The number of rotatable bonds is 3. The minimum Gasteiger partial charge on any atom is -0.480 e. The van der Waals surface area contributed by atoms with Crippen molar-refractivity contribution in [2.24, 2.45) is 5.73 Å². The Hall–Kier alpha value is -1.14. The maximum Gasteiger partial charge on any atom is 0.320 e. The average molecular weight is 243 g/mol. The van der Waals surface area contributed by atoms with Gasteiger partial charge in [0.25, 0.3) is 0 Å². The SMILES string of the molecule is NC1CCC(NC=O)CC1.O=C(O)[C@@H]1CCN1. The molecule has 1 aliphatic carbocycles. The van der Waals surface area contributed by atoms with Gasteiger partial charge in [-0.1, -0.05) is 0 Å². The number of nitrogens with two attached hydrogens (primary N) is 1. The molecule has 1 saturated heterocycles. The van der Waals surface area contributed by atoms with Crippen LogP contribution in [0.3, 0.4) is 0 Å². The van der Waals surface area contributed by atoms with Crippen molar-refractivity contribution in [1.29, 1.82) is 0 Å². The molecule has 0 aromatic rings. The van der Waals surface area contributed by atoms with Crippen LogP contribution in [0.5, 0.6) is 0 Å². The lowest BCUT2D eigenvalue weighted by molar-refractivity contribution is -0.141. The summed E-state index contributed by atoms with van der Waals surface area (Å²) in [7, 11) is 0. The van der Waals surface area contributed by atoms with Crippen LogP contribution < -0.4 is 16.4 Å². The first-order valence-electron chi connectivity index (χ1n) is 6.05. The van der Waals surface area contributed by atoms with E-state index in [0.29, 0.717) is 12.1 Å². The second kappa shape index (κ2) is 7.24. The maximum absolute atomic E-state index is 10.0. The van der Waals surface area contributed by atoms with E-state index in [-0.39, 0.29) is 6.04 Å². The highest BCUT2D eigenvalue weighted by molar-refractivity contribution is 5.74. The molecule has 17 heavy (non-hydrogen) atoms. The average Bonchev–Trinajstić information content (AvgIpc) is 2.19. The molecule has 2 aliphatic rings. The Bertz CT molecular complexity index is 248. The van der Waals surface area contributed by atoms with Crippen LogP contribution >= 0.6 is 0 Å². The standard InChI is InChI=1S/C7H14N2O.C4H7NO2/c8-6-1-3-7(4-2-6)9-5-10;6-4(7)3-1-2-5-3/h5-7H,1-4,8H2,(H,9,10);3,5H,1-2H2,(H,6,7)/t;3-/m.0/s1. The molecule has 0 aromatic heterocycles. The summed E-state index contributed by atoms with van der Waals surface area (Å²) in [5, 5.41) is 13.7. The van der Waals surface area contributed by atoms with Crippen molar-refractivity contribution in [3.8, 4) is 0 Å². The number of hydrogen-bond donors (Lipinski definition) is 4. The number of carboxylic acid groups (broad SMARTS) is 1. The van der Waals surface area contributed by atoms with Crippen LogP contribution in [0.15, 0.2) is 0 Å². The van der Waals surface area contributed by atoms with Gasteiger partial charge in [-0.05, 0) is 38.6 Å².